The molecule has 9 nitrogen and oxygen atoms in total. The number of aromatic nitrogens is 1. The van der Waals surface area contributed by atoms with Gasteiger partial charge in [0.25, 0.3) is 5.91 Å². The minimum atomic E-state index is -0.581. The zero-order valence-electron chi connectivity index (χ0n) is 21.4. The molecule has 3 amide bonds. The number of hydrogen-bond donors (Lipinski definition) is 3. The molecule has 2 aliphatic rings. The van der Waals surface area contributed by atoms with Crippen molar-refractivity contribution in [2.75, 3.05) is 41.7 Å². The van der Waals surface area contributed by atoms with Crippen LogP contribution in [0.5, 0.6) is 0 Å². The highest BCUT2D eigenvalue weighted by molar-refractivity contribution is 6.00. The van der Waals surface area contributed by atoms with Crippen molar-refractivity contribution < 1.29 is 14.4 Å². The summed E-state index contributed by atoms with van der Waals surface area (Å²) >= 11 is 0. The summed E-state index contributed by atoms with van der Waals surface area (Å²) in [6.45, 7) is 4.48. The van der Waals surface area contributed by atoms with Gasteiger partial charge in [0.05, 0.1) is 23.2 Å². The Morgan fingerprint density at radius 2 is 1.71 bits per heavy atom. The highest BCUT2D eigenvalue weighted by Crippen LogP contribution is 2.48. The van der Waals surface area contributed by atoms with E-state index < -0.39 is 5.91 Å². The number of anilines is 3. The lowest BCUT2D eigenvalue weighted by Gasteiger charge is -2.35. The maximum Gasteiger partial charge on any atom is 0.252 e. The number of nitrogens with zero attached hydrogens (tertiary/aromatic N) is 3. The summed E-state index contributed by atoms with van der Waals surface area (Å²) in [6, 6.07) is 19.6. The molecular formula is C29H32N6O3. The number of piperazine rings is 1. The van der Waals surface area contributed by atoms with Crippen LogP contribution < -0.4 is 21.3 Å². The van der Waals surface area contributed by atoms with Gasteiger partial charge in [-0.25, -0.2) is 4.98 Å². The van der Waals surface area contributed by atoms with E-state index in [9.17, 15) is 14.4 Å². The zero-order valence-corrected chi connectivity index (χ0v) is 21.4. The van der Waals surface area contributed by atoms with E-state index in [1.54, 1.807) is 13.0 Å². The fourth-order valence-electron chi connectivity index (χ4n) is 4.96. The van der Waals surface area contributed by atoms with Gasteiger partial charge in [-0.1, -0.05) is 42.5 Å². The number of amides is 3. The first-order chi connectivity index (χ1) is 18.3. The Labute approximate surface area is 222 Å². The van der Waals surface area contributed by atoms with E-state index in [0.717, 1.165) is 42.7 Å². The van der Waals surface area contributed by atoms with Gasteiger partial charge in [0.15, 0.2) is 0 Å². The molecule has 0 unspecified atom stereocenters. The Balaban J connectivity index is 1.26. The van der Waals surface area contributed by atoms with Gasteiger partial charge in [0, 0.05) is 51.1 Å². The van der Waals surface area contributed by atoms with Gasteiger partial charge >= 0.3 is 0 Å². The van der Waals surface area contributed by atoms with Crippen molar-refractivity contribution in [2.45, 2.75) is 31.7 Å². The minimum absolute atomic E-state index is 0.0956. The third-order valence-corrected chi connectivity index (χ3v) is 7.25. The molecule has 0 bridgehead atoms. The highest BCUT2D eigenvalue weighted by atomic mass is 16.2. The molecule has 0 spiro atoms. The quantitative estimate of drug-likeness (QED) is 0.427. The van der Waals surface area contributed by atoms with Crippen LogP contribution in [0, 0.1) is 0 Å². The number of nitrogens with two attached hydrogens (primary N) is 1. The molecule has 2 heterocycles. The van der Waals surface area contributed by atoms with Crippen molar-refractivity contribution in [3.05, 3.63) is 83.6 Å². The van der Waals surface area contributed by atoms with Crippen molar-refractivity contribution in [1.82, 2.24) is 9.88 Å². The topological polar surface area (TPSA) is 121 Å². The summed E-state index contributed by atoms with van der Waals surface area (Å²) in [5.74, 6) is -0.346. The third kappa shape index (κ3) is 5.61. The zero-order chi connectivity index (χ0) is 26.7. The van der Waals surface area contributed by atoms with Crippen LogP contribution in [0.15, 0.2) is 66.9 Å². The summed E-state index contributed by atoms with van der Waals surface area (Å²) in [5, 5.41) is 6.35. The number of nitrogens with one attached hydrogen (secondary N) is 2. The van der Waals surface area contributed by atoms with Crippen molar-refractivity contribution in [1.29, 1.82) is 0 Å². The summed E-state index contributed by atoms with van der Waals surface area (Å²) in [7, 11) is 0. The van der Waals surface area contributed by atoms with Crippen molar-refractivity contribution >= 4 is 34.9 Å². The maximum absolute atomic E-state index is 12.9. The first kappa shape index (κ1) is 25.3. The predicted molar refractivity (Wildman–Crippen MR) is 147 cm³/mol. The molecule has 1 aliphatic carbocycles. The Hall–Kier alpha value is -4.40. The molecule has 5 rings (SSSR count). The molecular weight excluding hydrogens is 480 g/mol. The monoisotopic (exact) mass is 512 g/mol. The van der Waals surface area contributed by atoms with E-state index >= 15 is 0 Å². The van der Waals surface area contributed by atoms with Gasteiger partial charge in [0.2, 0.25) is 11.8 Å². The highest BCUT2D eigenvalue weighted by Gasteiger charge is 2.44. The second-order valence-corrected chi connectivity index (χ2v) is 9.94. The second-order valence-electron chi connectivity index (χ2n) is 9.94. The van der Waals surface area contributed by atoms with E-state index in [1.807, 2.05) is 47.4 Å². The van der Waals surface area contributed by atoms with Gasteiger partial charge in [0.1, 0.15) is 5.82 Å². The summed E-state index contributed by atoms with van der Waals surface area (Å²) in [6.07, 6.45) is 3.44. The van der Waals surface area contributed by atoms with Crippen LogP contribution in [0.2, 0.25) is 0 Å². The molecule has 2 aromatic carbocycles. The van der Waals surface area contributed by atoms with E-state index in [-0.39, 0.29) is 29.3 Å². The van der Waals surface area contributed by atoms with E-state index in [1.165, 1.54) is 6.20 Å². The van der Waals surface area contributed by atoms with Crippen LogP contribution in [0.1, 0.15) is 41.3 Å². The smallest absolute Gasteiger partial charge is 0.252 e. The summed E-state index contributed by atoms with van der Waals surface area (Å²) < 4.78 is 0. The first-order valence-electron chi connectivity index (χ1n) is 12.9. The molecule has 1 saturated carbocycles. The summed E-state index contributed by atoms with van der Waals surface area (Å²) in [4.78, 5) is 44.9. The van der Waals surface area contributed by atoms with Crippen LogP contribution in [-0.2, 0) is 21.5 Å². The number of primary amides is 1. The molecule has 1 aliphatic heterocycles. The molecule has 1 aromatic heterocycles. The lowest BCUT2D eigenvalue weighted by atomic mass is 10.0. The number of rotatable bonds is 8. The Kier molecular flexibility index (Phi) is 7.00. The SMILES string of the molecule is CC(=O)N1CCN(c2cccc(CC(=O)Nc3cc(NC4(c5ccccc5)CC4)c(C(N)=O)cn3)c2)CC1. The molecule has 0 atom stereocenters. The predicted octanol–water partition coefficient (Wildman–Crippen LogP) is 3.13. The van der Waals surface area contributed by atoms with Crippen LogP contribution >= 0.6 is 0 Å². The number of benzene rings is 2. The molecule has 38 heavy (non-hydrogen) atoms. The number of carbonyl (C=O) groups excluding carboxylic acids is 3. The van der Waals surface area contributed by atoms with Gasteiger partial charge in [-0.05, 0) is 36.1 Å². The maximum atomic E-state index is 12.9. The van der Waals surface area contributed by atoms with Crippen molar-refractivity contribution in [3.8, 4) is 0 Å². The Morgan fingerprint density at radius 3 is 2.37 bits per heavy atom. The van der Waals surface area contributed by atoms with Gasteiger partial charge in [-0.15, -0.1) is 0 Å². The number of carbonyl (C=O) groups is 3. The Morgan fingerprint density at radius 1 is 0.974 bits per heavy atom. The lowest BCUT2D eigenvalue weighted by molar-refractivity contribution is -0.129. The van der Waals surface area contributed by atoms with Gasteiger partial charge in [-0.3, -0.25) is 14.4 Å². The van der Waals surface area contributed by atoms with Gasteiger partial charge in [-0.2, -0.15) is 0 Å². The minimum Gasteiger partial charge on any atom is -0.375 e. The van der Waals surface area contributed by atoms with Crippen LogP contribution in [0.3, 0.4) is 0 Å². The van der Waals surface area contributed by atoms with Crippen LogP contribution in [-0.4, -0.2) is 53.8 Å². The first-order valence-corrected chi connectivity index (χ1v) is 12.9. The third-order valence-electron chi connectivity index (χ3n) is 7.25. The normalized spacial score (nSPS) is 16.0. The fourth-order valence-corrected chi connectivity index (χ4v) is 4.96. The molecule has 3 aromatic rings. The van der Waals surface area contributed by atoms with E-state index in [0.29, 0.717) is 24.6 Å². The number of hydrogen-bond acceptors (Lipinski definition) is 6. The standard InChI is InChI=1S/C29H32N6O3/c1-20(36)34-12-14-35(15-13-34)23-9-5-6-21(16-23)17-27(37)32-26-18-25(24(19-31-26)28(30)38)33-29(10-11-29)22-7-3-2-4-8-22/h2-9,16,18-19H,10-15,17H2,1H3,(H2,30,38)(H2,31,32,33,37). The Bertz CT molecular complexity index is 1350. The average Bonchev–Trinajstić information content (AvgIpc) is 3.70. The van der Waals surface area contributed by atoms with Crippen molar-refractivity contribution in [2.24, 2.45) is 5.73 Å². The molecule has 9 heteroatoms. The van der Waals surface area contributed by atoms with E-state index in [2.05, 4.69) is 32.7 Å². The van der Waals surface area contributed by atoms with E-state index in [4.69, 9.17) is 5.73 Å². The van der Waals surface area contributed by atoms with Crippen LogP contribution in [0.4, 0.5) is 17.2 Å². The number of pyridine rings is 1. The molecule has 0 radical (unpaired) electrons. The molecule has 4 N–H and O–H groups in total. The van der Waals surface area contributed by atoms with Crippen molar-refractivity contribution in [3.63, 3.8) is 0 Å². The van der Waals surface area contributed by atoms with Crippen LogP contribution in [0.25, 0.3) is 0 Å². The largest absolute Gasteiger partial charge is 0.375 e. The molecule has 2 fully saturated rings. The lowest BCUT2D eigenvalue weighted by Crippen LogP contribution is -2.48. The second kappa shape index (κ2) is 10.5. The van der Waals surface area contributed by atoms with Gasteiger partial charge < -0.3 is 26.2 Å². The molecule has 196 valence electrons. The fraction of sp³-hybridized carbons (Fsp3) is 0.310. The average molecular weight is 513 g/mol. The molecule has 1 saturated heterocycles. The summed E-state index contributed by atoms with van der Waals surface area (Å²) in [5.41, 5.74) is 9.24.